The van der Waals surface area contributed by atoms with E-state index in [1.807, 2.05) is 30.3 Å². The molecule has 0 aliphatic heterocycles. The van der Waals surface area contributed by atoms with Crippen LogP contribution in [0.5, 0.6) is 17.2 Å². The molecule has 0 bridgehead atoms. The van der Waals surface area contributed by atoms with E-state index in [2.05, 4.69) is 5.32 Å². The molecule has 0 saturated heterocycles. The lowest BCUT2D eigenvalue weighted by Gasteiger charge is -2.18. The number of carbonyl (C=O) groups excluding carboxylic acids is 2. The van der Waals surface area contributed by atoms with Crippen molar-refractivity contribution in [1.82, 2.24) is 5.32 Å². The van der Waals surface area contributed by atoms with Gasteiger partial charge in [0, 0.05) is 12.0 Å². The van der Waals surface area contributed by atoms with Gasteiger partial charge in [-0.2, -0.15) is 0 Å². The van der Waals surface area contributed by atoms with Crippen LogP contribution in [0.1, 0.15) is 22.8 Å². The van der Waals surface area contributed by atoms with Crippen molar-refractivity contribution in [3.05, 3.63) is 53.6 Å². The predicted octanol–water partition coefficient (Wildman–Crippen LogP) is 1.71. The number of aromatic hydroxyl groups is 3. The van der Waals surface area contributed by atoms with Gasteiger partial charge in [0.15, 0.2) is 17.2 Å². The number of rotatable bonds is 6. The van der Waals surface area contributed by atoms with E-state index in [0.29, 0.717) is 0 Å². The molecular formula is C18H19NO6. The molecule has 1 amide bonds. The first-order valence-electron chi connectivity index (χ1n) is 7.68. The lowest BCUT2D eigenvalue weighted by molar-refractivity contribution is -0.145. The Morgan fingerprint density at radius 1 is 1.08 bits per heavy atom. The molecule has 25 heavy (non-hydrogen) atoms. The van der Waals surface area contributed by atoms with Crippen molar-refractivity contribution in [1.29, 1.82) is 0 Å². The monoisotopic (exact) mass is 345 g/mol. The lowest BCUT2D eigenvalue weighted by atomic mass is 10.1. The molecule has 0 aliphatic carbocycles. The maximum atomic E-state index is 12.3. The molecule has 1 atom stereocenters. The van der Waals surface area contributed by atoms with Gasteiger partial charge in [0.05, 0.1) is 6.61 Å². The first kappa shape index (κ1) is 18.1. The highest BCUT2D eigenvalue weighted by atomic mass is 16.5. The quantitative estimate of drug-likeness (QED) is 0.468. The number of phenolic OH excluding ortho intramolecular Hbond substituents is 3. The van der Waals surface area contributed by atoms with Crippen molar-refractivity contribution in [3.8, 4) is 17.2 Å². The van der Waals surface area contributed by atoms with Crippen molar-refractivity contribution >= 4 is 11.9 Å². The van der Waals surface area contributed by atoms with E-state index in [9.17, 15) is 24.9 Å². The fourth-order valence-corrected chi connectivity index (χ4v) is 2.26. The molecule has 0 aromatic heterocycles. The molecule has 0 radical (unpaired) electrons. The number of nitrogens with one attached hydrogen (secondary N) is 1. The largest absolute Gasteiger partial charge is 0.504 e. The van der Waals surface area contributed by atoms with Crippen molar-refractivity contribution < 1.29 is 29.6 Å². The molecule has 7 heteroatoms. The topological polar surface area (TPSA) is 116 Å². The highest BCUT2D eigenvalue weighted by molar-refractivity contribution is 5.98. The second kappa shape index (κ2) is 8.05. The minimum absolute atomic E-state index is 0.102. The summed E-state index contributed by atoms with van der Waals surface area (Å²) in [5.41, 5.74) is 0.729. The third-order valence-electron chi connectivity index (χ3n) is 3.49. The second-order valence-electron chi connectivity index (χ2n) is 5.33. The summed E-state index contributed by atoms with van der Waals surface area (Å²) in [4.78, 5) is 24.5. The second-order valence-corrected chi connectivity index (χ2v) is 5.33. The predicted molar refractivity (Wildman–Crippen MR) is 89.5 cm³/mol. The summed E-state index contributed by atoms with van der Waals surface area (Å²) in [6.07, 6.45) is 0.224. The molecule has 0 saturated carbocycles. The number of carbonyl (C=O) groups is 2. The summed E-state index contributed by atoms with van der Waals surface area (Å²) in [6, 6.07) is 10.2. The van der Waals surface area contributed by atoms with Gasteiger partial charge in [-0.15, -0.1) is 0 Å². The molecule has 1 unspecified atom stereocenters. The molecule has 2 aromatic rings. The van der Waals surface area contributed by atoms with E-state index < -0.39 is 35.2 Å². The van der Waals surface area contributed by atoms with Gasteiger partial charge in [-0.1, -0.05) is 30.3 Å². The number of hydrogen-bond acceptors (Lipinski definition) is 6. The summed E-state index contributed by atoms with van der Waals surface area (Å²) in [5.74, 6) is -3.28. The Kier molecular flexibility index (Phi) is 5.84. The number of phenols is 3. The Hall–Kier alpha value is -3.22. The molecule has 0 fully saturated rings. The minimum Gasteiger partial charge on any atom is -0.504 e. The molecule has 2 rings (SSSR count). The van der Waals surface area contributed by atoms with Crippen LogP contribution >= 0.6 is 0 Å². The Morgan fingerprint density at radius 2 is 1.68 bits per heavy atom. The van der Waals surface area contributed by atoms with Gasteiger partial charge in [-0.05, 0) is 24.6 Å². The van der Waals surface area contributed by atoms with Gasteiger partial charge in [0.1, 0.15) is 6.04 Å². The molecular weight excluding hydrogens is 326 g/mol. The summed E-state index contributed by atoms with van der Waals surface area (Å²) < 4.78 is 4.99. The normalized spacial score (nSPS) is 11.6. The van der Waals surface area contributed by atoms with Crippen LogP contribution in [0, 0.1) is 0 Å². The van der Waals surface area contributed by atoms with Crippen LogP contribution in [-0.2, 0) is 16.0 Å². The van der Waals surface area contributed by atoms with Crippen LogP contribution in [0.15, 0.2) is 42.5 Å². The summed E-state index contributed by atoms with van der Waals surface area (Å²) >= 11 is 0. The SMILES string of the molecule is CCOC(=O)C(Cc1ccccc1)NC(=O)c1cc(O)c(O)c(O)c1. The molecule has 132 valence electrons. The van der Waals surface area contributed by atoms with E-state index >= 15 is 0 Å². The zero-order valence-corrected chi connectivity index (χ0v) is 13.6. The summed E-state index contributed by atoms with van der Waals surface area (Å²) in [5, 5.41) is 30.9. The van der Waals surface area contributed by atoms with Gasteiger partial charge in [-0.3, -0.25) is 4.79 Å². The number of amides is 1. The average molecular weight is 345 g/mol. The van der Waals surface area contributed by atoms with Crippen LogP contribution < -0.4 is 5.32 Å². The first-order valence-corrected chi connectivity index (χ1v) is 7.68. The fraction of sp³-hybridized carbons (Fsp3) is 0.222. The Balaban J connectivity index is 2.20. The van der Waals surface area contributed by atoms with E-state index in [1.54, 1.807) is 6.92 Å². The standard InChI is InChI=1S/C18H19NO6/c1-2-25-18(24)13(8-11-6-4-3-5-7-11)19-17(23)12-9-14(20)16(22)15(21)10-12/h3-7,9-10,13,20-22H,2,8H2,1H3,(H,19,23). The molecule has 4 N–H and O–H groups in total. The van der Waals surface area contributed by atoms with Gasteiger partial charge in [0.25, 0.3) is 5.91 Å². The first-order chi connectivity index (χ1) is 11.9. The molecule has 7 nitrogen and oxygen atoms in total. The Morgan fingerprint density at radius 3 is 2.24 bits per heavy atom. The third-order valence-corrected chi connectivity index (χ3v) is 3.49. The van der Waals surface area contributed by atoms with Gasteiger partial charge >= 0.3 is 5.97 Å². The van der Waals surface area contributed by atoms with Crippen LogP contribution in [0.25, 0.3) is 0 Å². The van der Waals surface area contributed by atoms with Crippen molar-refractivity contribution in [2.45, 2.75) is 19.4 Å². The van der Waals surface area contributed by atoms with Gasteiger partial charge in [0.2, 0.25) is 0 Å². The zero-order valence-electron chi connectivity index (χ0n) is 13.6. The number of esters is 1. The maximum absolute atomic E-state index is 12.3. The summed E-state index contributed by atoms with van der Waals surface area (Å²) in [7, 11) is 0. The highest BCUT2D eigenvalue weighted by Gasteiger charge is 2.24. The van der Waals surface area contributed by atoms with Crippen molar-refractivity contribution in [3.63, 3.8) is 0 Å². The molecule has 2 aromatic carbocycles. The van der Waals surface area contributed by atoms with E-state index in [4.69, 9.17) is 4.74 Å². The van der Waals surface area contributed by atoms with Gasteiger partial charge in [-0.25, -0.2) is 4.79 Å². The Bertz CT molecular complexity index is 736. The smallest absolute Gasteiger partial charge is 0.328 e. The molecule has 0 heterocycles. The van der Waals surface area contributed by atoms with Crippen LogP contribution in [0.2, 0.25) is 0 Å². The van der Waals surface area contributed by atoms with Crippen LogP contribution in [-0.4, -0.2) is 39.8 Å². The van der Waals surface area contributed by atoms with E-state index in [-0.39, 0.29) is 18.6 Å². The van der Waals surface area contributed by atoms with E-state index in [1.165, 1.54) is 0 Å². The number of benzene rings is 2. The van der Waals surface area contributed by atoms with Crippen LogP contribution in [0.4, 0.5) is 0 Å². The molecule has 0 aliphatic rings. The highest BCUT2D eigenvalue weighted by Crippen LogP contribution is 2.35. The van der Waals surface area contributed by atoms with Gasteiger partial charge < -0.3 is 25.4 Å². The van der Waals surface area contributed by atoms with Crippen molar-refractivity contribution in [2.75, 3.05) is 6.61 Å². The molecule has 0 spiro atoms. The zero-order chi connectivity index (χ0) is 18.4. The minimum atomic E-state index is -0.937. The average Bonchev–Trinajstić information content (AvgIpc) is 2.59. The maximum Gasteiger partial charge on any atom is 0.328 e. The summed E-state index contributed by atoms with van der Waals surface area (Å²) in [6.45, 7) is 1.83. The van der Waals surface area contributed by atoms with E-state index in [0.717, 1.165) is 17.7 Å². The lowest BCUT2D eigenvalue weighted by Crippen LogP contribution is -2.43. The fourth-order valence-electron chi connectivity index (χ4n) is 2.26. The van der Waals surface area contributed by atoms with Crippen molar-refractivity contribution in [2.24, 2.45) is 0 Å². The van der Waals surface area contributed by atoms with Crippen LogP contribution in [0.3, 0.4) is 0 Å². The third kappa shape index (κ3) is 4.63. The number of hydrogen-bond donors (Lipinski definition) is 4. The Labute approximate surface area is 144 Å². The number of ether oxygens (including phenoxy) is 1.